The molecule has 7 heteroatoms. The standard InChI is InChI=1S/C14H17N3O4/c1-20-8-9-21-7-6-15-12-10-4-2-3-5-11(10)16-17-13(12)14(18)19/h2-5H,6-9H2,1H3,(H,15,16)(H,18,19). The van der Waals surface area contributed by atoms with Crippen molar-refractivity contribution in [1.29, 1.82) is 0 Å². The molecule has 0 bridgehead atoms. The van der Waals surface area contributed by atoms with Gasteiger partial charge in [0, 0.05) is 19.0 Å². The first-order valence-corrected chi connectivity index (χ1v) is 6.53. The lowest BCUT2D eigenvalue weighted by Gasteiger charge is -2.11. The van der Waals surface area contributed by atoms with Crippen LogP contribution < -0.4 is 5.32 Å². The summed E-state index contributed by atoms with van der Waals surface area (Å²) >= 11 is 0. The lowest BCUT2D eigenvalue weighted by atomic mass is 10.1. The topological polar surface area (TPSA) is 93.6 Å². The third-order valence-electron chi connectivity index (χ3n) is 2.85. The minimum Gasteiger partial charge on any atom is -0.476 e. The minimum absolute atomic E-state index is 0.0920. The Balaban J connectivity index is 2.12. The van der Waals surface area contributed by atoms with E-state index in [1.807, 2.05) is 18.2 Å². The van der Waals surface area contributed by atoms with Crippen molar-refractivity contribution >= 4 is 22.6 Å². The highest BCUT2D eigenvalue weighted by atomic mass is 16.5. The van der Waals surface area contributed by atoms with Crippen molar-refractivity contribution in [3.8, 4) is 0 Å². The van der Waals surface area contributed by atoms with Gasteiger partial charge < -0.3 is 19.9 Å². The maximum Gasteiger partial charge on any atom is 0.358 e. The molecule has 2 N–H and O–H groups in total. The average molecular weight is 291 g/mol. The van der Waals surface area contributed by atoms with Crippen LogP contribution in [0.5, 0.6) is 0 Å². The van der Waals surface area contributed by atoms with Gasteiger partial charge in [0.15, 0.2) is 5.69 Å². The van der Waals surface area contributed by atoms with Gasteiger partial charge in [-0.3, -0.25) is 0 Å². The van der Waals surface area contributed by atoms with Crippen LogP contribution in [-0.4, -0.2) is 54.7 Å². The van der Waals surface area contributed by atoms with Crippen LogP contribution in [-0.2, 0) is 9.47 Å². The second-order valence-corrected chi connectivity index (χ2v) is 4.28. The number of aromatic carboxylic acids is 1. The Bertz CT molecular complexity index is 618. The van der Waals surface area contributed by atoms with Crippen molar-refractivity contribution < 1.29 is 19.4 Å². The molecule has 0 atom stereocenters. The summed E-state index contributed by atoms with van der Waals surface area (Å²) < 4.78 is 10.2. The number of ether oxygens (including phenoxy) is 2. The second-order valence-electron chi connectivity index (χ2n) is 4.28. The number of hydrogen-bond donors (Lipinski definition) is 2. The fraction of sp³-hybridized carbons (Fsp3) is 0.357. The Hall–Kier alpha value is -2.25. The first-order chi connectivity index (χ1) is 10.2. The molecule has 1 aromatic carbocycles. The fourth-order valence-electron chi connectivity index (χ4n) is 1.87. The third kappa shape index (κ3) is 3.87. The number of carboxylic acid groups (broad SMARTS) is 1. The average Bonchev–Trinajstić information content (AvgIpc) is 2.50. The monoisotopic (exact) mass is 291 g/mol. The molecule has 21 heavy (non-hydrogen) atoms. The van der Waals surface area contributed by atoms with Gasteiger partial charge in [-0.05, 0) is 6.07 Å². The van der Waals surface area contributed by atoms with Gasteiger partial charge in [0.1, 0.15) is 0 Å². The molecule has 0 aliphatic heterocycles. The molecule has 0 unspecified atom stereocenters. The predicted molar refractivity (Wildman–Crippen MR) is 77.7 cm³/mol. The molecule has 1 heterocycles. The van der Waals surface area contributed by atoms with Gasteiger partial charge in [0.25, 0.3) is 0 Å². The zero-order valence-electron chi connectivity index (χ0n) is 11.7. The van der Waals surface area contributed by atoms with E-state index in [4.69, 9.17) is 9.47 Å². The number of benzene rings is 1. The number of nitrogens with zero attached hydrogens (tertiary/aromatic N) is 2. The molecule has 7 nitrogen and oxygen atoms in total. The lowest BCUT2D eigenvalue weighted by Crippen LogP contribution is -2.15. The van der Waals surface area contributed by atoms with Crippen LogP contribution in [0.4, 0.5) is 5.69 Å². The lowest BCUT2D eigenvalue weighted by molar-refractivity contribution is 0.0690. The minimum atomic E-state index is -1.11. The van der Waals surface area contributed by atoms with Crippen molar-refractivity contribution in [3.05, 3.63) is 30.0 Å². The largest absolute Gasteiger partial charge is 0.476 e. The van der Waals surface area contributed by atoms with Crippen LogP contribution in [0.3, 0.4) is 0 Å². The number of hydrogen-bond acceptors (Lipinski definition) is 6. The SMILES string of the molecule is COCCOCCNc1c(C(=O)O)nnc2ccccc12. The molecule has 1 aromatic heterocycles. The van der Waals surface area contributed by atoms with Gasteiger partial charge in [0.05, 0.1) is 31.0 Å². The number of carbonyl (C=O) groups is 1. The summed E-state index contributed by atoms with van der Waals surface area (Å²) in [7, 11) is 1.61. The smallest absolute Gasteiger partial charge is 0.358 e. The first-order valence-electron chi connectivity index (χ1n) is 6.53. The Morgan fingerprint density at radius 2 is 2.05 bits per heavy atom. The van der Waals surface area contributed by atoms with E-state index < -0.39 is 5.97 Å². The van der Waals surface area contributed by atoms with E-state index in [1.165, 1.54) is 0 Å². The highest BCUT2D eigenvalue weighted by Gasteiger charge is 2.15. The summed E-state index contributed by atoms with van der Waals surface area (Å²) in [6.07, 6.45) is 0. The van der Waals surface area contributed by atoms with Crippen molar-refractivity contribution in [2.75, 3.05) is 38.8 Å². The molecule has 0 amide bonds. The van der Waals surface area contributed by atoms with Gasteiger partial charge >= 0.3 is 5.97 Å². The summed E-state index contributed by atoms with van der Waals surface area (Å²) in [5.74, 6) is -1.11. The van der Waals surface area contributed by atoms with E-state index in [-0.39, 0.29) is 5.69 Å². The van der Waals surface area contributed by atoms with Crippen LogP contribution in [0.1, 0.15) is 10.5 Å². The Morgan fingerprint density at radius 1 is 1.24 bits per heavy atom. The first kappa shape index (κ1) is 15.1. The zero-order valence-corrected chi connectivity index (χ0v) is 11.7. The molecule has 112 valence electrons. The van der Waals surface area contributed by atoms with Gasteiger partial charge in [-0.15, -0.1) is 10.2 Å². The van der Waals surface area contributed by atoms with E-state index in [0.29, 0.717) is 37.6 Å². The number of nitrogens with one attached hydrogen (secondary N) is 1. The van der Waals surface area contributed by atoms with E-state index in [1.54, 1.807) is 13.2 Å². The van der Waals surface area contributed by atoms with Crippen LogP contribution in [0.15, 0.2) is 24.3 Å². The summed E-state index contributed by atoms with van der Waals surface area (Å²) in [5, 5.41) is 20.7. The Morgan fingerprint density at radius 3 is 2.81 bits per heavy atom. The van der Waals surface area contributed by atoms with Gasteiger partial charge in [0.2, 0.25) is 0 Å². The van der Waals surface area contributed by atoms with Crippen LogP contribution in [0, 0.1) is 0 Å². The van der Waals surface area contributed by atoms with E-state index >= 15 is 0 Å². The predicted octanol–water partition coefficient (Wildman–Crippen LogP) is 1.40. The van der Waals surface area contributed by atoms with Gasteiger partial charge in [-0.1, -0.05) is 18.2 Å². The molecule has 0 fully saturated rings. The third-order valence-corrected chi connectivity index (χ3v) is 2.85. The molecule has 0 aliphatic carbocycles. The molecule has 0 aliphatic rings. The number of aromatic nitrogens is 2. The summed E-state index contributed by atoms with van der Waals surface area (Å²) in [6, 6.07) is 7.25. The van der Waals surface area contributed by atoms with Crippen LogP contribution in [0.25, 0.3) is 10.9 Å². The van der Waals surface area contributed by atoms with Crippen molar-refractivity contribution in [1.82, 2.24) is 10.2 Å². The Kier molecular flexibility index (Phi) is 5.42. The number of rotatable bonds is 8. The number of anilines is 1. The van der Waals surface area contributed by atoms with Crippen LogP contribution in [0.2, 0.25) is 0 Å². The van der Waals surface area contributed by atoms with Gasteiger partial charge in [-0.2, -0.15) is 0 Å². The van der Waals surface area contributed by atoms with Gasteiger partial charge in [-0.25, -0.2) is 4.79 Å². The van der Waals surface area contributed by atoms with E-state index in [9.17, 15) is 9.90 Å². The van der Waals surface area contributed by atoms with E-state index in [0.717, 1.165) is 5.39 Å². The normalized spacial score (nSPS) is 10.7. The van der Waals surface area contributed by atoms with Crippen molar-refractivity contribution in [3.63, 3.8) is 0 Å². The number of carboxylic acids is 1. The maximum atomic E-state index is 11.2. The highest BCUT2D eigenvalue weighted by molar-refractivity contribution is 6.02. The molecule has 0 saturated heterocycles. The molecular formula is C14H17N3O4. The molecule has 2 rings (SSSR count). The molecule has 0 spiro atoms. The van der Waals surface area contributed by atoms with Crippen molar-refractivity contribution in [2.24, 2.45) is 0 Å². The Labute approximate surface area is 121 Å². The highest BCUT2D eigenvalue weighted by Crippen LogP contribution is 2.23. The summed E-state index contributed by atoms with van der Waals surface area (Å²) in [5.41, 5.74) is 1.01. The molecular weight excluding hydrogens is 274 g/mol. The molecule has 0 saturated carbocycles. The zero-order chi connectivity index (χ0) is 15.1. The summed E-state index contributed by atoms with van der Waals surface area (Å²) in [6.45, 7) is 1.94. The second kappa shape index (κ2) is 7.51. The molecule has 2 aromatic rings. The fourth-order valence-corrected chi connectivity index (χ4v) is 1.87. The van der Waals surface area contributed by atoms with Crippen molar-refractivity contribution in [2.45, 2.75) is 0 Å². The molecule has 0 radical (unpaired) electrons. The number of methoxy groups -OCH3 is 1. The van der Waals surface area contributed by atoms with E-state index in [2.05, 4.69) is 15.5 Å². The summed E-state index contributed by atoms with van der Waals surface area (Å²) in [4.78, 5) is 11.2. The number of fused-ring (bicyclic) bond motifs is 1. The van der Waals surface area contributed by atoms with Crippen LogP contribution >= 0.6 is 0 Å². The maximum absolute atomic E-state index is 11.2. The quantitative estimate of drug-likeness (QED) is 0.710.